The molecule has 0 bridgehead atoms. The van der Waals surface area contributed by atoms with E-state index in [0.717, 1.165) is 48.3 Å². The first kappa shape index (κ1) is 27.7. The summed E-state index contributed by atoms with van der Waals surface area (Å²) in [6.45, 7) is 16.7. The third-order valence-electron chi connectivity index (χ3n) is 11.4. The average molecular weight is 550 g/mol. The second-order valence-electron chi connectivity index (χ2n) is 14.2. The van der Waals surface area contributed by atoms with Gasteiger partial charge in [0.05, 0.1) is 0 Å². The van der Waals surface area contributed by atoms with Crippen LogP contribution in [0.5, 0.6) is 0 Å². The van der Waals surface area contributed by atoms with Crippen molar-refractivity contribution in [2.75, 3.05) is 0 Å². The zero-order valence-electron chi connectivity index (χ0n) is 23.7. The number of alkyl halides is 1. The minimum absolute atomic E-state index is 0.0635. The first-order valence-corrected chi connectivity index (χ1v) is 15.9. The van der Waals surface area contributed by atoms with Crippen LogP contribution in [0.25, 0.3) is 0 Å². The van der Waals surface area contributed by atoms with Crippen LogP contribution in [0, 0.1) is 52.3 Å². The predicted octanol–water partition coefficient (Wildman–Crippen LogP) is 9.36. The van der Waals surface area contributed by atoms with Crippen molar-refractivity contribution >= 4 is 21.9 Å². The lowest BCUT2D eigenvalue weighted by atomic mass is 9.47. The van der Waals surface area contributed by atoms with Crippen molar-refractivity contribution in [3.63, 3.8) is 0 Å². The zero-order valence-corrected chi connectivity index (χ0v) is 25.3. The van der Waals surface area contributed by atoms with E-state index in [1.54, 1.807) is 5.57 Å². The van der Waals surface area contributed by atoms with E-state index in [9.17, 15) is 4.79 Å². The van der Waals surface area contributed by atoms with E-state index in [4.69, 9.17) is 4.74 Å². The number of hydrogen-bond acceptors (Lipinski definition) is 2. The molecule has 2 nitrogen and oxygen atoms in total. The maximum Gasteiger partial charge on any atom is 0.320 e. The summed E-state index contributed by atoms with van der Waals surface area (Å²) >= 11 is 3.54. The Hall–Kier alpha value is -0.310. The second-order valence-corrected chi connectivity index (χ2v) is 15.2. The van der Waals surface area contributed by atoms with Crippen LogP contribution < -0.4 is 0 Å². The summed E-state index contributed by atoms with van der Waals surface area (Å²) in [4.78, 5) is 12.4. The fraction of sp³-hybridized carbons (Fsp3) is 0.906. The average Bonchev–Trinajstić information content (AvgIpc) is 3.15. The first-order valence-electron chi connectivity index (χ1n) is 15.0. The van der Waals surface area contributed by atoms with Crippen LogP contribution in [0.3, 0.4) is 0 Å². The van der Waals surface area contributed by atoms with Gasteiger partial charge in [0.25, 0.3) is 0 Å². The summed E-state index contributed by atoms with van der Waals surface area (Å²) in [5.41, 5.74) is 2.48. The number of allylic oxidation sites excluding steroid dienone is 1. The molecule has 3 saturated carbocycles. The van der Waals surface area contributed by atoms with Crippen LogP contribution in [-0.4, -0.2) is 16.9 Å². The number of carbonyl (C=O) groups is 1. The smallest absolute Gasteiger partial charge is 0.320 e. The van der Waals surface area contributed by atoms with Gasteiger partial charge >= 0.3 is 5.97 Å². The number of hydrogen-bond donors (Lipinski definition) is 0. The highest BCUT2D eigenvalue weighted by molar-refractivity contribution is 9.10. The number of halogens is 1. The normalized spacial score (nSPS) is 40.5. The molecule has 0 heterocycles. The third-order valence-corrected chi connectivity index (χ3v) is 12.8. The van der Waals surface area contributed by atoms with Crippen molar-refractivity contribution in [3.8, 4) is 0 Å². The minimum Gasteiger partial charge on any atom is -0.461 e. The molecule has 0 unspecified atom stereocenters. The molecular formula is C32H53BrO2. The van der Waals surface area contributed by atoms with E-state index < -0.39 is 0 Å². The molecule has 9 atom stereocenters. The summed E-state index contributed by atoms with van der Waals surface area (Å²) < 4.78 is 5.99. The van der Waals surface area contributed by atoms with Gasteiger partial charge in [0, 0.05) is 6.42 Å². The maximum absolute atomic E-state index is 12.6. The summed E-state index contributed by atoms with van der Waals surface area (Å²) in [6.07, 6.45) is 17.1. The number of ether oxygens (including phenoxy) is 1. The Balaban J connectivity index is 1.43. The van der Waals surface area contributed by atoms with Crippen LogP contribution >= 0.6 is 15.9 Å². The highest BCUT2D eigenvalue weighted by Crippen LogP contribution is 2.67. The summed E-state index contributed by atoms with van der Waals surface area (Å²) in [6, 6.07) is 0. The molecule has 3 fully saturated rings. The zero-order chi connectivity index (χ0) is 25.5. The lowest BCUT2D eigenvalue weighted by molar-refractivity contribution is -0.151. The molecule has 35 heavy (non-hydrogen) atoms. The molecule has 4 aliphatic carbocycles. The van der Waals surface area contributed by atoms with Crippen molar-refractivity contribution in [1.82, 2.24) is 0 Å². The van der Waals surface area contributed by atoms with Gasteiger partial charge in [-0.1, -0.05) is 95.3 Å². The number of rotatable bonds is 8. The molecule has 4 aliphatic rings. The van der Waals surface area contributed by atoms with Gasteiger partial charge < -0.3 is 4.74 Å². The lowest BCUT2D eigenvalue weighted by Crippen LogP contribution is -2.51. The van der Waals surface area contributed by atoms with Crippen LogP contribution in [0.2, 0.25) is 0 Å². The third kappa shape index (κ3) is 5.33. The molecule has 0 aromatic heterocycles. The molecule has 0 radical (unpaired) electrons. The van der Waals surface area contributed by atoms with E-state index in [2.05, 4.69) is 70.5 Å². The molecule has 0 amide bonds. The fourth-order valence-corrected chi connectivity index (χ4v) is 9.36. The molecule has 0 aromatic rings. The van der Waals surface area contributed by atoms with Crippen LogP contribution in [0.15, 0.2) is 11.6 Å². The van der Waals surface area contributed by atoms with Gasteiger partial charge in [0.1, 0.15) is 10.9 Å². The molecular weight excluding hydrogens is 496 g/mol. The van der Waals surface area contributed by atoms with Gasteiger partial charge in [-0.25, -0.2) is 0 Å². The van der Waals surface area contributed by atoms with Crippen molar-refractivity contribution in [1.29, 1.82) is 0 Å². The summed E-state index contributed by atoms with van der Waals surface area (Å²) in [5.74, 6) is 5.42. The van der Waals surface area contributed by atoms with E-state index >= 15 is 0 Å². The second kappa shape index (κ2) is 10.8. The van der Waals surface area contributed by atoms with Gasteiger partial charge in [-0.2, -0.15) is 0 Å². The molecule has 3 heteroatoms. The van der Waals surface area contributed by atoms with Gasteiger partial charge in [0.2, 0.25) is 0 Å². The highest BCUT2D eigenvalue weighted by atomic mass is 79.9. The van der Waals surface area contributed by atoms with Gasteiger partial charge in [0.15, 0.2) is 0 Å². The van der Waals surface area contributed by atoms with Gasteiger partial charge in [-0.3, -0.25) is 4.79 Å². The first-order chi connectivity index (χ1) is 16.5. The molecule has 0 aromatic carbocycles. The predicted molar refractivity (Wildman–Crippen MR) is 150 cm³/mol. The van der Waals surface area contributed by atoms with E-state index in [0.29, 0.717) is 10.8 Å². The summed E-state index contributed by atoms with van der Waals surface area (Å²) in [7, 11) is 0. The molecule has 4 rings (SSSR count). The van der Waals surface area contributed by atoms with E-state index in [-0.39, 0.29) is 22.8 Å². The summed E-state index contributed by atoms with van der Waals surface area (Å²) in [5, 5.41) is 0. The monoisotopic (exact) mass is 548 g/mol. The van der Waals surface area contributed by atoms with Crippen molar-refractivity contribution in [2.24, 2.45) is 52.3 Å². The van der Waals surface area contributed by atoms with Crippen LogP contribution in [-0.2, 0) is 9.53 Å². The largest absolute Gasteiger partial charge is 0.461 e. The lowest BCUT2D eigenvalue weighted by Gasteiger charge is -2.58. The molecule has 0 spiro atoms. The number of esters is 1. The molecule has 200 valence electrons. The quantitative estimate of drug-likeness (QED) is 0.171. The number of fused-ring (bicyclic) bond motifs is 5. The Morgan fingerprint density at radius 1 is 1.03 bits per heavy atom. The van der Waals surface area contributed by atoms with Crippen molar-refractivity contribution in [3.05, 3.63) is 11.6 Å². The van der Waals surface area contributed by atoms with Crippen molar-refractivity contribution < 1.29 is 9.53 Å². The Morgan fingerprint density at radius 3 is 2.46 bits per heavy atom. The molecule has 0 saturated heterocycles. The maximum atomic E-state index is 12.6. The number of carbonyl (C=O) groups excluding carboxylic acids is 1. The SMILES string of the molecule is CC(C)CCC[C@H](C)[C@H]1CC[C@H]2[C@@H]3CC=C4C[C@H](OC(=O)[C@H](Br)C(C)C)CC[C@]4(C)[C@H]3CC[C@]12C. The van der Waals surface area contributed by atoms with Crippen LogP contribution in [0.4, 0.5) is 0 Å². The fourth-order valence-electron chi connectivity index (χ4n) is 9.25. The van der Waals surface area contributed by atoms with Gasteiger partial charge in [-0.05, 0) is 97.2 Å². The van der Waals surface area contributed by atoms with Crippen LogP contribution in [0.1, 0.15) is 119 Å². The Kier molecular flexibility index (Phi) is 8.57. The minimum atomic E-state index is -0.195. The van der Waals surface area contributed by atoms with E-state index in [1.165, 1.54) is 57.8 Å². The molecule has 0 N–H and O–H groups in total. The molecule has 0 aliphatic heterocycles. The topological polar surface area (TPSA) is 26.3 Å². The van der Waals surface area contributed by atoms with Crippen molar-refractivity contribution in [2.45, 2.75) is 130 Å². The Labute approximate surface area is 224 Å². The van der Waals surface area contributed by atoms with E-state index in [1.807, 2.05) is 0 Å². The Bertz CT molecular complexity index is 786. The van der Waals surface area contributed by atoms with Gasteiger partial charge in [-0.15, -0.1) is 0 Å². The standard InChI is InChI=1S/C32H53BrO2/c1-20(2)9-8-10-22(5)26-13-14-27-25-12-11-23-19-24(35-30(34)29(33)21(3)4)15-17-31(23,6)28(25)16-18-32(26,27)7/h11,20-22,24-29H,8-10,12-19H2,1-7H3/t22-,24+,25-,26+,27-,28-,29+,31-,32+/m0/s1. The Morgan fingerprint density at radius 2 is 1.77 bits per heavy atom. The highest BCUT2D eigenvalue weighted by Gasteiger charge is 2.59.